The molecule has 1 fully saturated rings. The zero-order valence-corrected chi connectivity index (χ0v) is 15.4. The lowest BCUT2D eigenvalue weighted by atomic mass is 10.0. The van der Waals surface area contributed by atoms with E-state index < -0.39 is 10.9 Å². The number of piperidine rings is 1. The summed E-state index contributed by atoms with van der Waals surface area (Å²) in [6.07, 6.45) is 5.83. The molecule has 1 saturated heterocycles. The molecule has 1 aliphatic rings. The normalized spacial score (nSPS) is 14.9. The van der Waals surface area contributed by atoms with E-state index in [2.05, 4.69) is 5.10 Å². The maximum Gasteiger partial charge on any atom is 0.338 e. The maximum atomic E-state index is 12.7. The Kier molecular flexibility index (Phi) is 5.45. The number of carboxylic acids is 1. The molecule has 0 unspecified atom stereocenters. The van der Waals surface area contributed by atoms with E-state index in [4.69, 9.17) is 5.11 Å². The molecule has 1 aromatic carbocycles. The Hall–Kier alpha value is -2.88. The smallest absolute Gasteiger partial charge is 0.338 e. The Bertz CT molecular complexity index is 889. The molecule has 142 valence electrons. The van der Waals surface area contributed by atoms with Crippen LogP contribution < -0.4 is 0 Å². The molecular weight excluding hydrogens is 372 g/mol. The van der Waals surface area contributed by atoms with Crippen LogP contribution in [0.5, 0.6) is 0 Å². The van der Waals surface area contributed by atoms with Crippen molar-refractivity contribution in [2.75, 3.05) is 19.3 Å². The molecule has 1 aliphatic heterocycles. The van der Waals surface area contributed by atoms with Crippen LogP contribution in [0, 0.1) is 10.1 Å². The fourth-order valence-corrected chi connectivity index (χ4v) is 3.68. The number of carboxylic acid groups (broad SMARTS) is 1. The Morgan fingerprint density at radius 1 is 1.30 bits per heavy atom. The van der Waals surface area contributed by atoms with Crippen molar-refractivity contribution in [2.45, 2.75) is 23.8 Å². The fraction of sp³-hybridized carbons (Fsp3) is 0.353. The first-order valence-corrected chi connectivity index (χ1v) is 9.52. The summed E-state index contributed by atoms with van der Waals surface area (Å²) in [6, 6.07) is 4.56. The summed E-state index contributed by atoms with van der Waals surface area (Å²) in [4.78, 5) is 36.6. The highest BCUT2D eigenvalue weighted by Gasteiger charge is 2.27. The van der Waals surface area contributed by atoms with Crippen LogP contribution in [0.4, 0.5) is 5.69 Å². The number of nitrogens with zero attached hydrogens (tertiary/aromatic N) is 4. The summed E-state index contributed by atoms with van der Waals surface area (Å²) < 4.78 is 1.63. The zero-order chi connectivity index (χ0) is 19.6. The lowest BCUT2D eigenvalue weighted by molar-refractivity contribution is -0.387. The summed E-state index contributed by atoms with van der Waals surface area (Å²) in [5, 5.41) is 24.3. The van der Waals surface area contributed by atoms with Crippen molar-refractivity contribution in [3.63, 3.8) is 0 Å². The molecule has 0 saturated carbocycles. The summed E-state index contributed by atoms with van der Waals surface area (Å²) in [7, 11) is 0. The number of aromatic carboxylic acids is 1. The van der Waals surface area contributed by atoms with Gasteiger partial charge in [0, 0.05) is 30.9 Å². The van der Waals surface area contributed by atoms with Gasteiger partial charge in [-0.05, 0) is 31.2 Å². The summed E-state index contributed by atoms with van der Waals surface area (Å²) >= 11 is 1.26. The van der Waals surface area contributed by atoms with Crippen molar-refractivity contribution >= 4 is 29.3 Å². The molecule has 0 spiro atoms. The van der Waals surface area contributed by atoms with Gasteiger partial charge < -0.3 is 10.0 Å². The van der Waals surface area contributed by atoms with E-state index >= 15 is 0 Å². The molecular formula is C17H18N4O5S. The van der Waals surface area contributed by atoms with E-state index in [1.807, 2.05) is 0 Å². The van der Waals surface area contributed by atoms with Gasteiger partial charge in [-0.3, -0.25) is 19.6 Å². The molecule has 10 heteroatoms. The van der Waals surface area contributed by atoms with Gasteiger partial charge in [0.1, 0.15) is 0 Å². The van der Waals surface area contributed by atoms with Gasteiger partial charge >= 0.3 is 5.97 Å². The minimum absolute atomic E-state index is 0.0235. The van der Waals surface area contributed by atoms with Gasteiger partial charge in [0.25, 0.3) is 11.6 Å². The Morgan fingerprint density at radius 2 is 2.00 bits per heavy atom. The number of hydrogen-bond donors (Lipinski definition) is 1. The Labute approximate surface area is 159 Å². The first kappa shape index (κ1) is 18.9. The van der Waals surface area contributed by atoms with Crippen molar-refractivity contribution in [1.29, 1.82) is 0 Å². The van der Waals surface area contributed by atoms with Crippen LogP contribution in [0.3, 0.4) is 0 Å². The lowest BCUT2D eigenvalue weighted by Crippen LogP contribution is -2.39. The molecule has 1 amide bonds. The number of rotatable bonds is 5. The topological polar surface area (TPSA) is 119 Å². The average Bonchev–Trinajstić information content (AvgIpc) is 3.17. The first-order chi connectivity index (χ1) is 12.9. The van der Waals surface area contributed by atoms with Crippen LogP contribution in [0.1, 0.15) is 39.6 Å². The number of carbonyl (C=O) groups is 2. The maximum absolute atomic E-state index is 12.7. The molecule has 0 radical (unpaired) electrons. The highest BCUT2D eigenvalue weighted by atomic mass is 32.2. The number of nitro groups is 1. The van der Waals surface area contributed by atoms with Gasteiger partial charge in [0.2, 0.25) is 0 Å². The van der Waals surface area contributed by atoms with Crippen LogP contribution in [0.25, 0.3) is 0 Å². The van der Waals surface area contributed by atoms with Crippen LogP contribution in [-0.2, 0) is 0 Å². The van der Waals surface area contributed by atoms with Crippen molar-refractivity contribution < 1.29 is 19.6 Å². The highest BCUT2D eigenvalue weighted by molar-refractivity contribution is 7.98. The SMILES string of the molecule is CSc1ccc(C(=O)N2CCC(n3cc(C(=O)O)cn3)CC2)cc1[N+](=O)[O-]. The Balaban J connectivity index is 1.68. The number of nitro benzene ring substituents is 1. The number of likely N-dealkylation sites (tertiary alicyclic amines) is 1. The molecule has 0 aliphatic carbocycles. The second-order valence-electron chi connectivity index (χ2n) is 6.18. The standard InChI is InChI=1S/C17H18N4O5S/c1-27-15-3-2-11(8-14(15)21(25)26)16(22)19-6-4-13(5-7-19)20-10-12(9-18-20)17(23)24/h2-3,8-10,13H,4-7H2,1H3,(H,23,24). The van der Waals surface area contributed by atoms with Gasteiger partial charge in [-0.15, -0.1) is 11.8 Å². The van der Waals surface area contributed by atoms with E-state index in [0.717, 1.165) is 0 Å². The van der Waals surface area contributed by atoms with E-state index in [1.54, 1.807) is 28.0 Å². The predicted octanol–water partition coefficient (Wildman–Crippen LogP) is 2.69. The number of amides is 1. The predicted molar refractivity (Wildman–Crippen MR) is 98.2 cm³/mol. The molecule has 1 aromatic heterocycles. The molecule has 0 bridgehead atoms. The van der Waals surface area contributed by atoms with Crippen LogP contribution in [-0.4, -0.2) is 55.9 Å². The monoisotopic (exact) mass is 390 g/mol. The van der Waals surface area contributed by atoms with E-state index in [1.165, 1.54) is 30.2 Å². The quantitative estimate of drug-likeness (QED) is 0.473. The highest BCUT2D eigenvalue weighted by Crippen LogP contribution is 2.29. The molecule has 0 atom stereocenters. The van der Waals surface area contributed by atoms with Gasteiger partial charge in [-0.25, -0.2) is 4.79 Å². The molecule has 3 rings (SSSR count). The van der Waals surface area contributed by atoms with Gasteiger partial charge in [0.15, 0.2) is 0 Å². The number of benzene rings is 1. The minimum Gasteiger partial charge on any atom is -0.478 e. The van der Waals surface area contributed by atoms with E-state index in [0.29, 0.717) is 36.4 Å². The van der Waals surface area contributed by atoms with Crippen molar-refractivity contribution in [2.24, 2.45) is 0 Å². The van der Waals surface area contributed by atoms with Gasteiger partial charge in [0.05, 0.1) is 27.6 Å². The minimum atomic E-state index is -1.02. The molecule has 1 N–H and O–H groups in total. The number of carbonyl (C=O) groups excluding carboxylic acids is 1. The summed E-state index contributed by atoms with van der Waals surface area (Å²) in [6.45, 7) is 0.952. The third kappa shape index (κ3) is 3.95. The van der Waals surface area contributed by atoms with Gasteiger partial charge in [-0.1, -0.05) is 0 Å². The number of aromatic nitrogens is 2. The van der Waals surface area contributed by atoms with Crippen LogP contribution in [0.15, 0.2) is 35.5 Å². The second kappa shape index (κ2) is 7.78. The summed E-state index contributed by atoms with van der Waals surface area (Å²) in [5.74, 6) is -1.26. The second-order valence-corrected chi connectivity index (χ2v) is 7.03. The largest absolute Gasteiger partial charge is 0.478 e. The van der Waals surface area contributed by atoms with Crippen LogP contribution >= 0.6 is 11.8 Å². The third-order valence-electron chi connectivity index (χ3n) is 4.60. The lowest BCUT2D eigenvalue weighted by Gasteiger charge is -2.32. The number of hydrogen-bond acceptors (Lipinski definition) is 6. The fourth-order valence-electron chi connectivity index (χ4n) is 3.13. The van der Waals surface area contributed by atoms with Crippen LogP contribution in [0.2, 0.25) is 0 Å². The van der Waals surface area contributed by atoms with Crippen molar-refractivity contribution in [3.8, 4) is 0 Å². The molecule has 2 heterocycles. The van der Waals surface area contributed by atoms with Crippen molar-refractivity contribution in [3.05, 3.63) is 51.8 Å². The number of thioether (sulfide) groups is 1. The van der Waals surface area contributed by atoms with E-state index in [9.17, 15) is 19.7 Å². The summed E-state index contributed by atoms with van der Waals surface area (Å²) in [5.41, 5.74) is 0.362. The molecule has 9 nitrogen and oxygen atoms in total. The Morgan fingerprint density at radius 3 is 2.56 bits per heavy atom. The molecule has 27 heavy (non-hydrogen) atoms. The van der Waals surface area contributed by atoms with Crippen molar-refractivity contribution in [1.82, 2.24) is 14.7 Å². The molecule has 2 aromatic rings. The average molecular weight is 390 g/mol. The van der Waals surface area contributed by atoms with E-state index in [-0.39, 0.29) is 23.2 Å². The third-order valence-corrected chi connectivity index (χ3v) is 5.38. The first-order valence-electron chi connectivity index (χ1n) is 8.30. The van der Waals surface area contributed by atoms with Gasteiger partial charge in [-0.2, -0.15) is 5.10 Å². The zero-order valence-electron chi connectivity index (χ0n) is 14.6.